The fourth-order valence-electron chi connectivity index (χ4n) is 6.61. The Morgan fingerprint density at radius 3 is 1.67 bits per heavy atom. The van der Waals surface area contributed by atoms with E-state index in [-0.39, 0.29) is 41.0 Å². The molecule has 60 heavy (non-hydrogen) atoms. The van der Waals surface area contributed by atoms with E-state index in [1.165, 1.54) is 59.6 Å². The van der Waals surface area contributed by atoms with Gasteiger partial charge < -0.3 is 18.9 Å². The minimum absolute atomic E-state index is 0.129. The summed E-state index contributed by atoms with van der Waals surface area (Å²) in [5, 5.41) is 38.2. The maximum atomic E-state index is 15.2. The van der Waals surface area contributed by atoms with Crippen molar-refractivity contribution < 1.29 is 28.5 Å². The van der Waals surface area contributed by atoms with Gasteiger partial charge in [0.15, 0.2) is 0 Å². The highest BCUT2D eigenvalue weighted by Gasteiger charge is 2.60. The lowest BCUT2D eigenvalue weighted by molar-refractivity contribution is -0.163. The SMILES string of the molecule is COc1cc(N=C(C#N)C#N)sc1C1=Cc2sc3c(sc4cc(-c5sc(N=C(C#N)C#N)cc5OC)sc43)c2C1(C(=O)OCc1ccccc1)C(=O)OCc1ccccc1. The maximum absolute atomic E-state index is 15.2. The summed E-state index contributed by atoms with van der Waals surface area (Å²) < 4.78 is 27.1. The number of fused-ring (bicyclic) bond motifs is 5. The first-order valence-electron chi connectivity index (χ1n) is 17.5. The Morgan fingerprint density at radius 2 is 1.15 bits per heavy atom. The van der Waals surface area contributed by atoms with E-state index in [9.17, 15) is 21.0 Å². The van der Waals surface area contributed by atoms with Gasteiger partial charge in [-0.1, -0.05) is 60.7 Å². The molecule has 292 valence electrons. The molecule has 8 rings (SSSR count). The minimum Gasteiger partial charge on any atom is -0.495 e. The zero-order chi connectivity index (χ0) is 42.0. The number of nitriles is 4. The second-order valence-electron chi connectivity index (χ2n) is 12.7. The highest BCUT2D eigenvalue weighted by atomic mass is 32.1. The van der Waals surface area contributed by atoms with E-state index in [1.807, 2.05) is 66.7 Å². The van der Waals surface area contributed by atoms with Gasteiger partial charge in [0.05, 0.1) is 43.0 Å². The van der Waals surface area contributed by atoms with Crippen LogP contribution in [0.3, 0.4) is 0 Å². The van der Waals surface area contributed by atoms with Crippen LogP contribution in [0.5, 0.6) is 11.5 Å². The third-order valence-electron chi connectivity index (χ3n) is 9.25. The third kappa shape index (κ3) is 7.01. The Hall–Kier alpha value is -6.96. The first kappa shape index (κ1) is 39.8. The number of methoxy groups -OCH3 is 2. The number of rotatable bonds is 12. The van der Waals surface area contributed by atoms with Crippen molar-refractivity contribution >= 4 is 120 Å². The van der Waals surface area contributed by atoms with Crippen molar-refractivity contribution in [3.63, 3.8) is 0 Å². The van der Waals surface area contributed by atoms with Gasteiger partial charge in [0.2, 0.25) is 16.8 Å². The van der Waals surface area contributed by atoms with Gasteiger partial charge in [-0.05, 0) is 23.3 Å². The third-order valence-corrected chi connectivity index (χ3v) is 15.3. The van der Waals surface area contributed by atoms with Crippen LogP contribution < -0.4 is 9.47 Å². The molecule has 5 aromatic heterocycles. The molecule has 0 unspecified atom stereocenters. The zero-order valence-electron chi connectivity index (χ0n) is 31.2. The Kier molecular flexibility index (Phi) is 11.1. The number of hydrogen-bond donors (Lipinski definition) is 0. The Balaban J connectivity index is 1.33. The van der Waals surface area contributed by atoms with Gasteiger partial charge in [0.25, 0.3) is 0 Å². The van der Waals surface area contributed by atoms with Crippen molar-refractivity contribution in [1.29, 1.82) is 21.0 Å². The van der Waals surface area contributed by atoms with Gasteiger partial charge in [-0.25, -0.2) is 9.98 Å². The van der Waals surface area contributed by atoms with Gasteiger partial charge in [-0.15, -0.1) is 56.7 Å². The van der Waals surface area contributed by atoms with Crippen LogP contribution in [-0.2, 0) is 37.7 Å². The molecular formula is C43H24N6O6S5. The van der Waals surface area contributed by atoms with E-state index >= 15 is 9.59 Å². The number of nitrogens with zero attached hydrogens (tertiary/aromatic N) is 6. The smallest absolute Gasteiger partial charge is 0.333 e. The number of thiophene rings is 5. The molecule has 1 aliphatic rings. The molecule has 1 aliphatic carbocycles. The molecule has 17 heteroatoms. The van der Waals surface area contributed by atoms with Crippen molar-refractivity contribution in [2.75, 3.05) is 14.2 Å². The Morgan fingerprint density at radius 1 is 0.633 bits per heavy atom. The van der Waals surface area contributed by atoms with E-state index in [2.05, 4.69) is 9.98 Å². The number of carbonyl (C=O) groups excluding carboxylic acids is 2. The highest BCUT2D eigenvalue weighted by Crippen LogP contribution is 2.61. The van der Waals surface area contributed by atoms with Crippen LogP contribution in [0.2, 0.25) is 0 Å². The summed E-state index contributed by atoms with van der Waals surface area (Å²) in [4.78, 5) is 41.4. The average Bonchev–Trinajstić information content (AvgIpc) is 4.13. The van der Waals surface area contributed by atoms with Gasteiger partial charge in [0, 0.05) is 32.8 Å². The topological polar surface area (TPSA) is 191 Å². The minimum atomic E-state index is -2.15. The molecule has 0 atom stereocenters. The summed E-state index contributed by atoms with van der Waals surface area (Å²) >= 11 is 6.69. The van der Waals surface area contributed by atoms with Crippen LogP contribution in [0.25, 0.3) is 40.2 Å². The molecule has 2 aromatic carbocycles. The number of ether oxygens (including phenoxy) is 4. The number of hydrogen-bond acceptors (Lipinski definition) is 17. The summed E-state index contributed by atoms with van der Waals surface area (Å²) in [5.74, 6) is -0.906. The van der Waals surface area contributed by atoms with Crippen LogP contribution in [-0.4, -0.2) is 37.6 Å². The van der Waals surface area contributed by atoms with Gasteiger partial charge in [0.1, 0.15) is 59.0 Å². The molecule has 0 saturated heterocycles. The molecule has 0 aliphatic heterocycles. The van der Waals surface area contributed by atoms with E-state index in [1.54, 1.807) is 42.5 Å². The molecular weight excluding hydrogens is 857 g/mol. The van der Waals surface area contributed by atoms with Crippen LogP contribution in [0, 0.1) is 45.3 Å². The first-order valence-corrected chi connectivity index (χ1v) is 21.6. The van der Waals surface area contributed by atoms with Crippen molar-refractivity contribution in [2.24, 2.45) is 9.98 Å². The lowest BCUT2D eigenvalue weighted by atomic mass is 9.77. The summed E-state index contributed by atoms with van der Waals surface area (Å²) in [6.45, 7) is -0.258. The summed E-state index contributed by atoms with van der Waals surface area (Å²) in [5.41, 5.74) is -0.704. The zero-order valence-corrected chi connectivity index (χ0v) is 35.3. The van der Waals surface area contributed by atoms with Gasteiger partial charge in [-0.3, -0.25) is 9.59 Å². The molecule has 12 nitrogen and oxygen atoms in total. The predicted molar refractivity (Wildman–Crippen MR) is 234 cm³/mol. The quantitative estimate of drug-likeness (QED) is 0.0648. The molecule has 0 bridgehead atoms. The second-order valence-corrected chi connectivity index (χ2v) is 17.9. The second kappa shape index (κ2) is 16.7. The van der Waals surface area contributed by atoms with Crippen LogP contribution in [0.15, 0.2) is 88.8 Å². The monoisotopic (exact) mass is 880 g/mol. The van der Waals surface area contributed by atoms with Gasteiger partial charge >= 0.3 is 11.9 Å². The van der Waals surface area contributed by atoms with E-state index < -0.39 is 17.4 Å². The lowest BCUT2D eigenvalue weighted by Gasteiger charge is -2.29. The molecule has 0 spiro atoms. The maximum Gasteiger partial charge on any atom is 0.333 e. The Bertz CT molecular complexity index is 3030. The molecule has 0 saturated carbocycles. The van der Waals surface area contributed by atoms with Gasteiger partial charge in [-0.2, -0.15) is 21.0 Å². The van der Waals surface area contributed by atoms with Crippen molar-refractivity contribution in [3.05, 3.63) is 105 Å². The molecule has 0 radical (unpaired) electrons. The summed E-state index contributed by atoms with van der Waals surface area (Å²) in [6.07, 6.45) is 1.78. The largest absolute Gasteiger partial charge is 0.495 e. The first-order chi connectivity index (χ1) is 29.2. The fourth-order valence-corrected chi connectivity index (χ4v) is 13.1. The van der Waals surface area contributed by atoms with E-state index in [0.717, 1.165) is 35.2 Å². The normalized spacial score (nSPS) is 12.3. The standard InChI is InChI=1S/C43H24N6O6S5/c1-52-28-14-33(48-25(17-44)18-45)59-36(28)27-13-30-35(43(27,41(50)54-21-23-9-5-3-6-10-23)42(51)55-22-24-11-7-4-8-12-24)39-40(56-30)38-32(58-39)16-31(57-38)37-29(53-2)15-34(60-37)49-26(19-46)20-47/h3-16H,21-22H2,1-2H3. The molecule has 0 N–H and O–H groups in total. The van der Waals surface area contributed by atoms with Crippen molar-refractivity contribution in [3.8, 4) is 45.5 Å². The van der Waals surface area contributed by atoms with Crippen LogP contribution >= 0.6 is 56.7 Å². The lowest BCUT2D eigenvalue weighted by Crippen LogP contribution is -2.45. The molecule has 5 heterocycles. The summed E-state index contributed by atoms with van der Waals surface area (Å²) in [7, 11) is 2.98. The number of esters is 2. The molecule has 7 aromatic rings. The number of carbonyl (C=O) groups is 2. The van der Waals surface area contributed by atoms with Crippen LogP contribution in [0.1, 0.15) is 26.4 Å². The van der Waals surface area contributed by atoms with E-state index in [4.69, 9.17) is 18.9 Å². The van der Waals surface area contributed by atoms with E-state index in [0.29, 0.717) is 41.9 Å². The van der Waals surface area contributed by atoms with Crippen molar-refractivity contribution in [2.45, 2.75) is 18.6 Å². The fraction of sp³-hybridized carbons (Fsp3) is 0.116. The van der Waals surface area contributed by atoms with Crippen molar-refractivity contribution in [1.82, 2.24) is 0 Å². The average molecular weight is 881 g/mol. The highest BCUT2D eigenvalue weighted by molar-refractivity contribution is 7.40. The summed E-state index contributed by atoms with van der Waals surface area (Å²) in [6, 6.07) is 30.6. The number of benzene rings is 2. The Labute approximate surface area is 361 Å². The molecule has 0 fully saturated rings. The number of aliphatic imine (C=N–C) groups is 2. The van der Waals surface area contributed by atoms with Crippen LogP contribution in [0.4, 0.5) is 10.0 Å². The predicted octanol–water partition coefficient (Wildman–Crippen LogP) is 10.5. The molecule has 0 amide bonds.